The molecular formula is C16H20FN3O3. The van der Waals surface area contributed by atoms with Crippen LogP contribution in [0.15, 0.2) is 24.3 Å². The smallest absolute Gasteiger partial charge is 0.325 e. The summed E-state index contributed by atoms with van der Waals surface area (Å²) >= 11 is 0. The van der Waals surface area contributed by atoms with Gasteiger partial charge in [-0.15, -0.1) is 0 Å². The molecule has 1 N–H and O–H groups in total. The Hall–Kier alpha value is -2.44. The number of halogens is 1. The Bertz CT molecular complexity index is 645. The van der Waals surface area contributed by atoms with Gasteiger partial charge in [0.2, 0.25) is 5.91 Å². The van der Waals surface area contributed by atoms with Crippen molar-refractivity contribution in [2.24, 2.45) is 0 Å². The zero-order valence-electron chi connectivity index (χ0n) is 13.4. The van der Waals surface area contributed by atoms with Crippen molar-refractivity contribution in [2.75, 3.05) is 19.6 Å². The minimum Gasteiger partial charge on any atom is -0.342 e. The van der Waals surface area contributed by atoms with E-state index in [4.69, 9.17) is 0 Å². The molecule has 7 heteroatoms. The molecule has 0 aromatic heterocycles. The van der Waals surface area contributed by atoms with Crippen LogP contribution in [0.4, 0.5) is 9.18 Å². The van der Waals surface area contributed by atoms with Gasteiger partial charge in [-0.1, -0.05) is 18.2 Å². The normalized spacial score (nSPS) is 20.6. The Kier molecular flexibility index (Phi) is 4.68. The Morgan fingerprint density at radius 1 is 1.26 bits per heavy atom. The van der Waals surface area contributed by atoms with Crippen LogP contribution >= 0.6 is 0 Å². The van der Waals surface area contributed by atoms with Gasteiger partial charge >= 0.3 is 6.03 Å². The monoisotopic (exact) mass is 321 g/mol. The first-order valence-corrected chi connectivity index (χ1v) is 7.52. The van der Waals surface area contributed by atoms with E-state index in [9.17, 15) is 18.8 Å². The van der Waals surface area contributed by atoms with E-state index >= 15 is 0 Å². The summed E-state index contributed by atoms with van der Waals surface area (Å²) in [6.07, 6.45) is 0. The van der Waals surface area contributed by atoms with Gasteiger partial charge in [-0.3, -0.25) is 14.5 Å². The lowest BCUT2D eigenvalue weighted by molar-refractivity contribution is -0.138. The second-order valence-corrected chi connectivity index (χ2v) is 5.49. The molecule has 1 heterocycles. The van der Waals surface area contributed by atoms with Crippen LogP contribution in [0, 0.1) is 5.82 Å². The topological polar surface area (TPSA) is 69.7 Å². The summed E-state index contributed by atoms with van der Waals surface area (Å²) < 4.78 is 14.0. The highest BCUT2D eigenvalue weighted by molar-refractivity contribution is 6.09. The van der Waals surface area contributed by atoms with Gasteiger partial charge in [-0.2, -0.15) is 0 Å². The molecule has 2 rings (SSSR count). The standard InChI is InChI=1S/C16H20FN3O3/c1-4-19(5-2)13(21)10-20-14(22)16(3,18-15(20)23)11-8-6-7-9-12(11)17/h6-9H,4-5,10H2,1-3H3,(H,18,23)/t16-/m1/s1. The molecule has 1 aliphatic rings. The highest BCUT2D eigenvalue weighted by Gasteiger charge is 2.50. The van der Waals surface area contributed by atoms with Crippen LogP contribution in [0.3, 0.4) is 0 Å². The number of likely N-dealkylation sites (N-methyl/N-ethyl adjacent to an activating group) is 1. The molecule has 0 bridgehead atoms. The first-order valence-electron chi connectivity index (χ1n) is 7.52. The van der Waals surface area contributed by atoms with Crippen LogP contribution in [0.1, 0.15) is 26.3 Å². The van der Waals surface area contributed by atoms with E-state index in [1.54, 1.807) is 6.07 Å². The van der Waals surface area contributed by atoms with E-state index in [-0.39, 0.29) is 18.0 Å². The van der Waals surface area contributed by atoms with Crippen LogP contribution in [0.25, 0.3) is 0 Å². The number of amides is 4. The van der Waals surface area contributed by atoms with Gasteiger partial charge < -0.3 is 10.2 Å². The Labute approximate surface area is 134 Å². The van der Waals surface area contributed by atoms with Gasteiger partial charge in [0.25, 0.3) is 5.91 Å². The summed E-state index contributed by atoms with van der Waals surface area (Å²) in [5.74, 6) is -1.54. The van der Waals surface area contributed by atoms with Crippen molar-refractivity contribution in [3.05, 3.63) is 35.6 Å². The Morgan fingerprint density at radius 2 is 1.87 bits per heavy atom. The molecule has 1 aliphatic heterocycles. The molecule has 0 saturated carbocycles. The number of hydrogen-bond donors (Lipinski definition) is 1. The van der Waals surface area contributed by atoms with Gasteiger partial charge in [0.15, 0.2) is 0 Å². The molecule has 23 heavy (non-hydrogen) atoms. The second-order valence-electron chi connectivity index (χ2n) is 5.49. The molecule has 1 atom stereocenters. The van der Waals surface area contributed by atoms with Crippen LogP contribution in [0.5, 0.6) is 0 Å². The number of rotatable bonds is 5. The quantitative estimate of drug-likeness (QED) is 0.835. The Balaban J connectivity index is 2.27. The van der Waals surface area contributed by atoms with E-state index in [0.29, 0.717) is 13.1 Å². The molecule has 4 amide bonds. The number of nitrogens with one attached hydrogen (secondary N) is 1. The molecule has 124 valence electrons. The number of imide groups is 1. The molecule has 0 radical (unpaired) electrons. The lowest BCUT2D eigenvalue weighted by Gasteiger charge is -2.24. The fourth-order valence-corrected chi connectivity index (χ4v) is 2.70. The van der Waals surface area contributed by atoms with Crippen molar-refractivity contribution < 1.29 is 18.8 Å². The van der Waals surface area contributed by atoms with Crippen LogP contribution in [-0.4, -0.2) is 47.3 Å². The maximum Gasteiger partial charge on any atom is 0.325 e. The van der Waals surface area contributed by atoms with Crippen LogP contribution in [0.2, 0.25) is 0 Å². The molecule has 6 nitrogen and oxygen atoms in total. The third-order valence-corrected chi connectivity index (χ3v) is 4.10. The molecule has 0 spiro atoms. The van der Waals surface area contributed by atoms with Crippen molar-refractivity contribution in [1.29, 1.82) is 0 Å². The van der Waals surface area contributed by atoms with E-state index in [1.165, 1.54) is 30.0 Å². The average Bonchev–Trinajstić information content (AvgIpc) is 2.73. The van der Waals surface area contributed by atoms with Crippen molar-refractivity contribution >= 4 is 17.8 Å². The van der Waals surface area contributed by atoms with Crippen molar-refractivity contribution in [3.63, 3.8) is 0 Å². The van der Waals surface area contributed by atoms with E-state index in [1.807, 2.05) is 13.8 Å². The zero-order chi connectivity index (χ0) is 17.2. The number of nitrogens with zero attached hydrogens (tertiary/aromatic N) is 2. The summed E-state index contributed by atoms with van der Waals surface area (Å²) in [6.45, 7) is 5.70. The van der Waals surface area contributed by atoms with Gasteiger partial charge in [0.1, 0.15) is 17.9 Å². The number of hydrogen-bond acceptors (Lipinski definition) is 3. The lowest BCUT2D eigenvalue weighted by atomic mass is 9.91. The van der Waals surface area contributed by atoms with E-state index < -0.39 is 23.3 Å². The summed E-state index contributed by atoms with van der Waals surface area (Å²) in [4.78, 5) is 39.3. The number of benzene rings is 1. The molecule has 1 aromatic carbocycles. The zero-order valence-corrected chi connectivity index (χ0v) is 13.4. The third-order valence-electron chi connectivity index (χ3n) is 4.10. The Morgan fingerprint density at radius 3 is 2.43 bits per heavy atom. The van der Waals surface area contributed by atoms with E-state index in [0.717, 1.165) is 4.90 Å². The minimum absolute atomic E-state index is 0.0798. The number of carbonyl (C=O) groups is 3. The fraction of sp³-hybridized carbons (Fsp3) is 0.438. The molecular weight excluding hydrogens is 301 g/mol. The third kappa shape index (κ3) is 2.91. The number of urea groups is 1. The maximum atomic E-state index is 14.0. The molecule has 0 unspecified atom stereocenters. The highest BCUT2D eigenvalue weighted by atomic mass is 19.1. The highest BCUT2D eigenvalue weighted by Crippen LogP contribution is 2.30. The molecule has 1 fully saturated rings. The van der Waals surface area contributed by atoms with Crippen molar-refractivity contribution in [2.45, 2.75) is 26.3 Å². The summed E-state index contributed by atoms with van der Waals surface area (Å²) in [6, 6.07) is 5.08. The van der Waals surface area contributed by atoms with Gasteiger partial charge in [0.05, 0.1) is 0 Å². The molecule has 1 saturated heterocycles. The summed E-state index contributed by atoms with van der Waals surface area (Å²) in [5, 5.41) is 2.49. The average molecular weight is 321 g/mol. The lowest BCUT2D eigenvalue weighted by Crippen LogP contribution is -2.44. The van der Waals surface area contributed by atoms with E-state index in [2.05, 4.69) is 5.32 Å². The summed E-state index contributed by atoms with van der Waals surface area (Å²) in [7, 11) is 0. The molecule has 1 aromatic rings. The molecule has 0 aliphatic carbocycles. The SMILES string of the molecule is CCN(CC)C(=O)CN1C(=O)N[C@](C)(c2ccccc2F)C1=O. The minimum atomic E-state index is -1.51. The van der Waals surface area contributed by atoms with Crippen molar-refractivity contribution in [3.8, 4) is 0 Å². The second kappa shape index (κ2) is 6.36. The first kappa shape index (κ1) is 16.9. The number of carbonyl (C=O) groups excluding carboxylic acids is 3. The van der Waals surface area contributed by atoms with Crippen molar-refractivity contribution in [1.82, 2.24) is 15.1 Å². The van der Waals surface area contributed by atoms with Gasteiger partial charge in [0, 0.05) is 18.7 Å². The van der Waals surface area contributed by atoms with Crippen LogP contribution in [-0.2, 0) is 15.1 Å². The predicted octanol–water partition coefficient (Wildman–Crippen LogP) is 1.46. The summed E-state index contributed by atoms with van der Waals surface area (Å²) in [5.41, 5.74) is -1.43. The van der Waals surface area contributed by atoms with Gasteiger partial charge in [-0.05, 0) is 26.8 Å². The fourth-order valence-electron chi connectivity index (χ4n) is 2.70. The van der Waals surface area contributed by atoms with Gasteiger partial charge in [-0.25, -0.2) is 9.18 Å². The van der Waals surface area contributed by atoms with Crippen LogP contribution < -0.4 is 5.32 Å². The maximum absolute atomic E-state index is 14.0. The largest absolute Gasteiger partial charge is 0.342 e. The predicted molar refractivity (Wildman–Crippen MR) is 81.9 cm³/mol. The first-order chi connectivity index (χ1) is 10.8.